The van der Waals surface area contributed by atoms with Crippen LogP contribution in [0.15, 0.2) is 0 Å². The first-order valence-corrected chi connectivity index (χ1v) is 7.40. The van der Waals surface area contributed by atoms with Crippen molar-refractivity contribution < 1.29 is 9.47 Å². The molecule has 2 rings (SSSR count). The normalized spacial score (nSPS) is 40.1. The van der Waals surface area contributed by atoms with Gasteiger partial charge in [0.25, 0.3) is 0 Å². The number of rotatable bonds is 4. The average Bonchev–Trinajstić information content (AvgIpc) is 2.62. The predicted octanol–water partition coefficient (Wildman–Crippen LogP) is 2.14. The van der Waals surface area contributed by atoms with Crippen LogP contribution in [0.2, 0.25) is 0 Å². The largest absolute Gasteiger partial charge is 0.347 e. The molecule has 2 N–H and O–H groups in total. The Balaban J connectivity index is 1.79. The molecule has 0 aromatic rings. The van der Waals surface area contributed by atoms with Crippen molar-refractivity contribution in [2.45, 2.75) is 56.2 Å². The number of nitrogens with two attached hydrogens (primary N) is 1. The molecule has 3 nitrogen and oxygen atoms in total. The summed E-state index contributed by atoms with van der Waals surface area (Å²) in [6.45, 7) is 3.48. The van der Waals surface area contributed by atoms with Crippen molar-refractivity contribution in [3.8, 4) is 0 Å². The molecule has 4 heteroatoms. The van der Waals surface area contributed by atoms with E-state index in [0.717, 1.165) is 18.1 Å². The third-order valence-electron chi connectivity index (χ3n) is 3.35. The molecule has 0 saturated carbocycles. The van der Waals surface area contributed by atoms with Crippen LogP contribution < -0.4 is 5.73 Å². The highest BCUT2D eigenvalue weighted by Gasteiger charge is 2.38. The molecule has 0 aliphatic carbocycles. The van der Waals surface area contributed by atoms with Crippen molar-refractivity contribution in [1.82, 2.24) is 0 Å². The van der Waals surface area contributed by atoms with E-state index in [1.54, 1.807) is 0 Å². The fraction of sp³-hybridized carbons (Fsp3) is 1.00. The Kier molecular flexibility index (Phi) is 4.53. The highest BCUT2D eigenvalue weighted by Crippen LogP contribution is 2.36. The van der Waals surface area contributed by atoms with Gasteiger partial charge in [-0.2, -0.15) is 11.8 Å². The SMILES string of the molecule is CC1(CC2CCCCS2)OCC(CCN)O1. The van der Waals surface area contributed by atoms with E-state index in [1.807, 2.05) is 0 Å². The molecule has 2 heterocycles. The van der Waals surface area contributed by atoms with Crippen molar-refractivity contribution in [3.63, 3.8) is 0 Å². The minimum absolute atomic E-state index is 0.212. The summed E-state index contributed by atoms with van der Waals surface area (Å²) in [4.78, 5) is 0. The van der Waals surface area contributed by atoms with E-state index in [-0.39, 0.29) is 11.9 Å². The molecule has 2 saturated heterocycles. The summed E-state index contributed by atoms with van der Waals surface area (Å²) in [5.41, 5.74) is 5.54. The number of hydrogen-bond donors (Lipinski definition) is 1. The number of hydrogen-bond acceptors (Lipinski definition) is 4. The summed E-state index contributed by atoms with van der Waals surface area (Å²) in [7, 11) is 0. The monoisotopic (exact) mass is 245 g/mol. The van der Waals surface area contributed by atoms with Gasteiger partial charge in [-0.25, -0.2) is 0 Å². The lowest BCUT2D eigenvalue weighted by Crippen LogP contribution is -2.32. The molecule has 0 amide bonds. The summed E-state index contributed by atoms with van der Waals surface area (Å²) in [6.07, 6.45) is 6.19. The van der Waals surface area contributed by atoms with E-state index >= 15 is 0 Å². The number of thioether (sulfide) groups is 1. The van der Waals surface area contributed by atoms with Crippen molar-refractivity contribution >= 4 is 11.8 Å². The maximum absolute atomic E-state index is 5.98. The van der Waals surface area contributed by atoms with Gasteiger partial charge in [-0.1, -0.05) is 6.42 Å². The van der Waals surface area contributed by atoms with E-state index in [9.17, 15) is 0 Å². The maximum Gasteiger partial charge on any atom is 0.167 e. The maximum atomic E-state index is 5.98. The molecular formula is C12H23NO2S. The lowest BCUT2D eigenvalue weighted by Gasteiger charge is -2.30. The van der Waals surface area contributed by atoms with Crippen LogP contribution in [-0.2, 0) is 9.47 Å². The summed E-state index contributed by atoms with van der Waals surface area (Å²) >= 11 is 2.08. The van der Waals surface area contributed by atoms with Crippen molar-refractivity contribution in [2.24, 2.45) is 5.73 Å². The molecule has 16 heavy (non-hydrogen) atoms. The van der Waals surface area contributed by atoms with Crippen molar-refractivity contribution in [3.05, 3.63) is 0 Å². The van der Waals surface area contributed by atoms with Gasteiger partial charge in [0.1, 0.15) is 0 Å². The van der Waals surface area contributed by atoms with E-state index in [4.69, 9.17) is 15.2 Å². The van der Waals surface area contributed by atoms with Gasteiger partial charge in [0.15, 0.2) is 5.79 Å². The topological polar surface area (TPSA) is 44.5 Å². The van der Waals surface area contributed by atoms with Gasteiger partial charge < -0.3 is 15.2 Å². The minimum atomic E-state index is -0.352. The molecule has 2 aliphatic rings. The van der Waals surface area contributed by atoms with E-state index in [2.05, 4.69) is 18.7 Å². The number of ether oxygens (including phenoxy) is 2. The smallest absolute Gasteiger partial charge is 0.167 e. The molecule has 3 unspecified atom stereocenters. The lowest BCUT2D eigenvalue weighted by atomic mass is 10.1. The summed E-state index contributed by atoms with van der Waals surface area (Å²) in [5, 5.41) is 0.718. The zero-order valence-corrected chi connectivity index (χ0v) is 10.9. The second-order valence-electron chi connectivity index (χ2n) is 4.95. The molecule has 3 atom stereocenters. The van der Waals surface area contributed by atoms with Gasteiger partial charge in [0.05, 0.1) is 12.7 Å². The van der Waals surface area contributed by atoms with Crippen LogP contribution in [0.5, 0.6) is 0 Å². The molecule has 0 aromatic heterocycles. The van der Waals surface area contributed by atoms with E-state index in [0.29, 0.717) is 13.2 Å². The third-order valence-corrected chi connectivity index (χ3v) is 4.75. The summed E-state index contributed by atoms with van der Waals surface area (Å²) < 4.78 is 11.8. The fourth-order valence-corrected chi connectivity index (χ4v) is 3.97. The Morgan fingerprint density at radius 2 is 2.31 bits per heavy atom. The molecule has 0 bridgehead atoms. The van der Waals surface area contributed by atoms with Gasteiger partial charge in [0, 0.05) is 11.7 Å². The Morgan fingerprint density at radius 1 is 1.44 bits per heavy atom. The Labute approximate surface area is 102 Å². The molecule has 2 fully saturated rings. The minimum Gasteiger partial charge on any atom is -0.347 e. The van der Waals surface area contributed by atoms with Crippen LogP contribution in [-0.4, -0.2) is 36.0 Å². The first kappa shape index (κ1) is 12.7. The third kappa shape index (κ3) is 3.36. The highest BCUT2D eigenvalue weighted by molar-refractivity contribution is 7.99. The molecule has 94 valence electrons. The van der Waals surface area contributed by atoms with E-state index < -0.39 is 0 Å². The molecular weight excluding hydrogens is 222 g/mol. The summed E-state index contributed by atoms with van der Waals surface area (Å²) in [6, 6.07) is 0. The average molecular weight is 245 g/mol. The van der Waals surface area contributed by atoms with Gasteiger partial charge in [-0.3, -0.25) is 0 Å². The summed E-state index contributed by atoms with van der Waals surface area (Å²) in [5.74, 6) is 0.946. The van der Waals surface area contributed by atoms with Gasteiger partial charge in [0.2, 0.25) is 0 Å². The van der Waals surface area contributed by atoms with Crippen molar-refractivity contribution in [1.29, 1.82) is 0 Å². The van der Waals surface area contributed by atoms with Crippen molar-refractivity contribution in [2.75, 3.05) is 18.9 Å². The van der Waals surface area contributed by atoms with Gasteiger partial charge in [-0.15, -0.1) is 0 Å². The fourth-order valence-electron chi connectivity index (χ4n) is 2.51. The van der Waals surface area contributed by atoms with E-state index in [1.165, 1.54) is 25.0 Å². The Hall–Kier alpha value is 0.230. The zero-order chi connectivity index (χ0) is 11.4. The standard InChI is InChI=1S/C12H23NO2S/c1-12(8-11-4-2-3-7-16-11)14-9-10(15-12)5-6-13/h10-11H,2-9,13H2,1H3. The zero-order valence-electron chi connectivity index (χ0n) is 10.1. The predicted molar refractivity (Wildman–Crippen MR) is 67.6 cm³/mol. The van der Waals surface area contributed by atoms with Crippen LogP contribution in [0.3, 0.4) is 0 Å². The molecule has 2 aliphatic heterocycles. The van der Waals surface area contributed by atoms with Crippen LogP contribution >= 0.6 is 11.8 Å². The van der Waals surface area contributed by atoms with Gasteiger partial charge in [-0.05, 0) is 38.5 Å². The van der Waals surface area contributed by atoms with Crippen LogP contribution in [0.25, 0.3) is 0 Å². The molecule has 0 aromatic carbocycles. The molecule has 0 radical (unpaired) electrons. The highest BCUT2D eigenvalue weighted by atomic mass is 32.2. The van der Waals surface area contributed by atoms with Gasteiger partial charge >= 0.3 is 0 Å². The molecule has 0 spiro atoms. The first-order chi connectivity index (χ1) is 7.72. The lowest BCUT2D eigenvalue weighted by molar-refractivity contribution is -0.158. The van der Waals surface area contributed by atoms with Crippen LogP contribution in [0.1, 0.15) is 39.0 Å². The van der Waals surface area contributed by atoms with Crippen LogP contribution in [0.4, 0.5) is 0 Å². The quantitative estimate of drug-likeness (QED) is 0.824. The Morgan fingerprint density at radius 3 is 3.00 bits per heavy atom. The second kappa shape index (κ2) is 5.71. The van der Waals surface area contributed by atoms with Crippen LogP contribution in [0, 0.1) is 0 Å². The second-order valence-corrected chi connectivity index (χ2v) is 6.36. The first-order valence-electron chi connectivity index (χ1n) is 6.35. The Bertz CT molecular complexity index is 221.